The van der Waals surface area contributed by atoms with Crippen molar-refractivity contribution < 1.29 is 19.4 Å². The molecule has 0 bridgehead atoms. The van der Waals surface area contributed by atoms with Crippen LogP contribution in [0.5, 0.6) is 0 Å². The lowest BCUT2D eigenvalue weighted by molar-refractivity contribution is -0.145. The van der Waals surface area contributed by atoms with Gasteiger partial charge in [-0.15, -0.1) is 0 Å². The molecular formula is C14H26N2O4. The van der Waals surface area contributed by atoms with Crippen molar-refractivity contribution in [2.45, 2.75) is 45.7 Å². The summed E-state index contributed by atoms with van der Waals surface area (Å²) in [6.07, 6.45) is 1.20. The monoisotopic (exact) mass is 286 g/mol. The van der Waals surface area contributed by atoms with E-state index in [-0.39, 0.29) is 24.6 Å². The molecule has 0 radical (unpaired) electrons. The quantitative estimate of drug-likeness (QED) is 0.687. The Morgan fingerprint density at radius 1 is 1.40 bits per heavy atom. The molecule has 6 nitrogen and oxygen atoms in total. The van der Waals surface area contributed by atoms with E-state index in [0.717, 1.165) is 13.0 Å². The molecule has 20 heavy (non-hydrogen) atoms. The number of hydrogen-bond donors (Lipinski definition) is 2. The van der Waals surface area contributed by atoms with Crippen molar-refractivity contribution in [2.75, 3.05) is 26.3 Å². The Hall–Kier alpha value is -1.14. The fourth-order valence-electron chi connectivity index (χ4n) is 2.60. The molecule has 1 aliphatic heterocycles. The maximum Gasteiger partial charge on any atom is 0.311 e. The lowest BCUT2D eigenvalue weighted by Crippen LogP contribution is -2.48. The lowest BCUT2D eigenvalue weighted by atomic mass is 10.0. The molecule has 1 saturated heterocycles. The van der Waals surface area contributed by atoms with Crippen LogP contribution in [0.1, 0.15) is 33.6 Å². The van der Waals surface area contributed by atoms with Gasteiger partial charge in [0.05, 0.1) is 19.3 Å². The van der Waals surface area contributed by atoms with E-state index in [0.29, 0.717) is 19.6 Å². The van der Waals surface area contributed by atoms with Crippen LogP contribution in [-0.2, 0) is 14.3 Å². The lowest BCUT2D eigenvalue weighted by Gasteiger charge is -2.31. The number of carboxylic acids is 1. The third-order valence-corrected chi connectivity index (χ3v) is 3.59. The number of rotatable bonds is 8. The van der Waals surface area contributed by atoms with Crippen molar-refractivity contribution in [3.8, 4) is 0 Å². The topological polar surface area (TPSA) is 78.9 Å². The van der Waals surface area contributed by atoms with Gasteiger partial charge in [-0.2, -0.15) is 0 Å². The van der Waals surface area contributed by atoms with Crippen LogP contribution in [-0.4, -0.2) is 60.3 Å². The van der Waals surface area contributed by atoms with Gasteiger partial charge < -0.3 is 20.1 Å². The molecule has 3 atom stereocenters. The van der Waals surface area contributed by atoms with Crippen LogP contribution >= 0.6 is 0 Å². The molecule has 0 aliphatic carbocycles. The molecule has 3 unspecified atom stereocenters. The maximum absolute atomic E-state index is 12.4. The minimum absolute atomic E-state index is 0.00190. The van der Waals surface area contributed by atoms with Gasteiger partial charge >= 0.3 is 5.97 Å². The Morgan fingerprint density at radius 2 is 2.10 bits per heavy atom. The SMILES string of the molecule is CCCN(C(=O)CC(C)NCC)C1COCC1C(=O)O. The van der Waals surface area contributed by atoms with Crippen molar-refractivity contribution in [3.05, 3.63) is 0 Å². The van der Waals surface area contributed by atoms with E-state index < -0.39 is 11.9 Å². The zero-order valence-electron chi connectivity index (χ0n) is 12.6. The second kappa shape index (κ2) is 8.21. The van der Waals surface area contributed by atoms with E-state index in [1.807, 2.05) is 20.8 Å². The van der Waals surface area contributed by atoms with Gasteiger partial charge in [-0.05, 0) is 19.9 Å². The minimum Gasteiger partial charge on any atom is -0.481 e. The third-order valence-electron chi connectivity index (χ3n) is 3.59. The van der Waals surface area contributed by atoms with Crippen LogP contribution in [0.3, 0.4) is 0 Å². The van der Waals surface area contributed by atoms with E-state index in [2.05, 4.69) is 5.32 Å². The predicted octanol–water partition coefficient (Wildman–Crippen LogP) is 0.713. The number of carbonyl (C=O) groups is 2. The normalized spacial score (nSPS) is 23.6. The zero-order valence-corrected chi connectivity index (χ0v) is 12.6. The van der Waals surface area contributed by atoms with Gasteiger partial charge in [0, 0.05) is 19.0 Å². The van der Waals surface area contributed by atoms with Crippen LogP contribution in [0.15, 0.2) is 0 Å². The predicted molar refractivity (Wildman–Crippen MR) is 75.5 cm³/mol. The molecule has 6 heteroatoms. The molecule has 2 N–H and O–H groups in total. The number of nitrogens with one attached hydrogen (secondary N) is 1. The Kier molecular flexibility index (Phi) is 6.95. The molecule has 0 spiro atoms. The number of carbonyl (C=O) groups excluding carboxylic acids is 1. The van der Waals surface area contributed by atoms with Crippen LogP contribution < -0.4 is 5.32 Å². The highest BCUT2D eigenvalue weighted by atomic mass is 16.5. The van der Waals surface area contributed by atoms with Crippen molar-refractivity contribution in [3.63, 3.8) is 0 Å². The molecule has 1 rings (SSSR count). The van der Waals surface area contributed by atoms with Gasteiger partial charge in [-0.25, -0.2) is 0 Å². The van der Waals surface area contributed by atoms with E-state index in [9.17, 15) is 14.7 Å². The molecule has 0 aromatic heterocycles. The third kappa shape index (κ3) is 4.45. The standard InChI is InChI=1S/C14H26N2O4/c1-4-6-16(13(17)7-10(3)15-5-2)12-9-20-8-11(12)14(18)19/h10-12,15H,4-9H2,1-3H3,(H,18,19). The Bertz CT molecular complexity index is 335. The first-order valence-corrected chi connectivity index (χ1v) is 7.34. The van der Waals surface area contributed by atoms with Gasteiger partial charge in [0.25, 0.3) is 0 Å². The van der Waals surface area contributed by atoms with E-state index >= 15 is 0 Å². The average Bonchev–Trinajstić information content (AvgIpc) is 2.84. The van der Waals surface area contributed by atoms with Crippen molar-refractivity contribution in [1.82, 2.24) is 10.2 Å². The highest BCUT2D eigenvalue weighted by Gasteiger charge is 2.39. The molecule has 1 heterocycles. The Labute approximate surface area is 120 Å². The van der Waals surface area contributed by atoms with Gasteiger partial charge in [-0.3, -0.25) is 9.59 Å². The highest BCUT2D eigenvalue weighted by Crippen LogP contribution is 2.21. The number of nitrogens with zero attached hydrogens (tertiary/aromatic N) is 1. The molecule has 0 saturated carbocycles. The number of ether oxygens (including phenoxy) is 1. The van der Waals surface area contributed by atoms with Crippen LogP contribution in [0.2, 0.25) is 0 Å². The Balaban J connectivity index is 2.72. The number of amides is 1. The fraction of sp³-hybridized carbons (Fsp3) is 0.857. The van der Waals surface area contributed by atoms with Gasteiger partial charge in [-0.1, -0.05) is 13.8 Å². The molecule has 1 amide bonds. The smallest absolute Gasteiger partial charge is 0.311 e. The summed E-state index contributed by atoms with van der Waals surface area (Å²) in [6, 6.07) is -0.244. The van der Waals surface area contributed by atoms with Crippen LogP contribution in [0.25, 0.3) is 0 Å². The first kappa shape index (κ1) is 16.9. The van der Waals surface area contributed by atoms with Crippen molar-refractivity contribution in [1.29, 1.82) is 0 Å². The second-order valence-corrected chi connectivity index (χ2v) is 5.30. The van der Waals surface area contributed by atoms with Crippen LogP contribution in [0, 0.1) is 5.92 Å². The second-order valence-electron chi connectivity index (χ2n) is 5.30. The summed E-state index contributed by atoms with van der Waals surface area (Å²) in [5.74, 6) is -1.50. The summed E-state index contributed by atoms with van der Waals surface area (Å²) in [4.78, 5) is 25.3. The van der Waals surface area contributed by atoms with Gasteiger partial charge in [0.1, 0.15) is 5.92 Å². The summed E-state index contributed by atoms with van der Waals surface area (Å²) >= 11 is 0. The minimum atomic E-state index is -0.888. The molecular weight excluding hydrogens is 260 g/mol. The first-order chi connectivity index (χ1) is 9.51. The maximum atomic E-state index is 12.4. The molecule has 1 fully saturated rings. The van der Waals surface area contributed by atoms with E-state index in [4.69, 9.17) is 4.74 Å². The molecule has 1 aliphatic rings. The fourth-order valence-corrected chi connectivity index (χ4v) is 2.60. The average molecular weight is 286 g/mol. The summed E-state index contributed by atoms with van der Waals surface area (Å²) in [5, 5.41) is 12.4. The van der Waals surface area contributed by atoms with Crippen LogP contribution in [0.4, 0.5) is 0 Å². The number of aliphatic carboxylic acids is 1. The zero-order chi connectivity index (χ0) is 15.1. The number of hydrogen-bond acceptors (Lipinski definition) is 4. The molecule has 0 aromatic carbocycles. The summed E-state index contributed by atoms with van der Waals surface area (Å²) < 4.78 is 5.27. The summed E-state index contributed by atoms with van der Waals surface area (Å²) in [6.45, 7) is 7.84. The Morgan fingerprint density at radius 3 is 2.65 bits per heavy atom. The summed E-state index contributed by atoms with van der Waals surface area (Å²) in [5.41, 5.74) is 0. The largest absolute Gasteiger partial charge is 0.481 e. The number of carboxylic acid groups (broad SMARTS) is 1. The van der Waals surface area contributed by atoms with E-state index in [1.165, 1.54) is 0 Å². The molecule has 0 aromatic rings. The van der Waals surface area contributed by atoms with Crippen molar-refractivity contribution >= 4 is 11.9 Å². The van der Waals surface area contributed by atoms with Gasteiger partial charge in [0.2, 0.25) is 5.91 Å². The first-order valence-electron chi connectivity index (χ1n) is 7.34. The summed E-state index contributed by atoms with van der Waals surface area (Å²) in [7, 11) is 0. The van der Waals surface area contributed by atoms with Gasteiger partial charge in [0.15, 0.2) is 0 Å². The highest BCUT2D eigenvalue weighted by molar-refractivity contribution is 5.79. The van der Waals surface area contributed by atoms with E-state index in [1.54, 1.807) is 4.90 Å². The van der Waals surface area contributed by atoms with Crippen molar-refractivity contribution in [2.24, 2.45) is 5.92 Å². The molecule has 116 valence electrons.